The summed E-state index contributed by atoms with van der Waals surface area (Å²) in [5.41, 5.74) is 1.96. The van der Waals surface area contributed by atoms with Crippen molar-refractivity contribution in [2.75, 3.05) is 11.1 Å². The highest BCUT2D eigenvalue weighted by Crippen LogP contribution is 2.33. The average Bonchev–Trinajstić information content (AvgIpc) is 3.39. The molecular formula is C20H25N5O2S. The number of hydrogen-bond donors (Lipinski definition) is 3. The van der Waals surface area contributed by atoms with Crippen LogP contribution in [-0.4, -0.2) is 44.8 Å². The monoisotopic (exact) mass is 399 g/mol. The Labute approximate surface area is 168 Å². The molecule has 0 radical (unpaired) electrons. The van der Waals surface area contributed by atoms with E-state index < -0.39 is 0 Å². The van der Waals surface area contributed by atoms with Gasteiger partial charge in [0.1, 0.15) is 0 Å². The molecule has 148 valence electrons. The van der Waals surface area contributed by atoms with E-state index in [2.05, 4.69) is 21.0 Å². The van der Waals surface area contributed by atoms with Crippen molar-refractivity contribution in [3.05, 3.63) is 48.3 Å². The molecule has 1 aromatic carbocycles. The van der Waals surface area contributed by atoms with Gasteiger partial charge in [0.2, 0.25) is 5.91 Å². The van der Waals surface area contributed by atoms with Crippen LogP contribution in [0.15, 0.2) is 42.7 Å². The van der Waals surface area contributed by atoms with Crippen molar-refractivity contribution < 1.29 is 9.59 Å². The van der Waals surface area contributed by atoms with Gasteiger partial charge in [-0.15, -0.1) is 0 Å². The molecule has 2 aromatic rings. The summed E-state index contributed by atoms with van der Waals surface area (Å²) < 4.78 is 1.87. The van der Waals surface area contributed by atoms with Gasteiger partial charge in [0, 0.05) is 35.5 Å². The summed E-state index contributed by atoms with van der Waals surface area (Å²) in [5, 5.41) is 13.6. The molecule has 3 atom stereocenters. The third-order valence-corrected chi connectivity index (χ3v) is 6.73. The van der Waals surface area contributed by atoms with Gasteiger partial charge in [-0.25, -0.2) is 4.79 Å². The van der Waals surface area contributed by atoms with Crippen molar-refractivity contribution in [3.8, 4) is 0 Å². The van der Waals surface area contributed by atoms with Gasteiger partial charge in [-0.3, -0.25) is 9.48 Å². The SMILES string of the molecule is O=C(CCCC[C@@H]1SC[C@@H]2NC(=O)N[C@@H]21)Nc1ccc(Cn2cccn2)cc1. The van der Waals surface area contributed by atoms with Crippen LogP contribution in [0.5, 0.6) is 0 Å². The second-order valence-corrected chi connectivity index (χ2v) is 8.59. The summed E-state index contributed by atoms with van der Waals surface area (Å²) in [7, 11) is 0. The van der Waals surface area contributed by atoms with Gasteiger partial charge in [0.15, 0.2) is 0 Å². The van der Waals surface area contributed by atoms with Crippen LogP contribution in [0.2, 0.25) is 0 Å². The van der Waals surface area contributed by atoms with Crippen molar-refractivity contribution in [1.82, 2.24) is 20.4 Å². The fourth-order valence-corrected chi connectivity index (χ4v) is 5.32. The average molecular weight is 400 g/mol. The largest absolute Gasteiger partial charge is 0.332 e. The van der Waals surface area contributed by atoms with Crippen LogP contribution >= 0.6 is 11.8 Å². The maximum absolute atomic E-state index is 12.2. The van der Waals surface area contributed by atoms with Crippen molar-refractivity contribution in [3.63, 3.8) is 0 Å². The molecule has 2 fully saturated rings. The molecule has 3 amide bonds. The first kappa shape index (κ1) is 18.9. The van der Waals surface area contributed by atoms with Gasteiger partial charge in [0.05, 0.1) is 18.6 Å². The van der Waals surface area contributed by atoms with E-state index in [0.717, 1.165) is 42.8 Å². The number of hydrogen-bond acceptors (Lipinski definition) is 4. The maximum atomic E-state index is 12.2. The Kier molecular flexibility index (Phi) is 5.85. The lowest BCUT2D eigenvalue weighted by molar-refractivity contribution is -0.116. The summed E-state index contributed by atoms with van der Waals surface area (Å²) in [4.78, 5) is 23.6. The lowest BCUT2D eigenvalue weighted by Gasteiger charge is -2.16. The van der Waals surface area contributed by atoms with E-state index in [1.807, 2.05) is 53.0 Å². The summed E-state index contributed by atoms with van der Waals surface area (Å²) in [6.45, 7) is 0.720. The first-order valence-corrected chi connectivity index (χ1v) is 10.8. The fraction of sp³-hybridized carbons (Fsp3) is 0.450. The minimum atomic E-state index is -0.0460. The van der Waals surface area contributed by atoms with Gasteiger partial charge in [-0.05, 0) is 36.6 Å². The molecule has 3 N–H and O–H groups in total. The van der Waals surface area contributed by atoms with Crippen LogP contribution in [0, 0.1) is 0 Å². The summed E-state index contributed by atoms with van der Waals surface area (Å²) >= 11 is 1.92. The number of urea groups is 1. The standard InChI is InChI=1S/C20H25N5O2S/c26-18(5-2-1-4-17-19-16(13-28-17)23-20(27)24-19)22-15-8-6-14(7-9-15)12-25-11-3-10-21-25/h3,6-11,16-17,19H,1-2,4-5,12-13H2,(H,22,26)(H2,23,24,27)/t16-,17-,19-/m0/s1. The van der Waals surface area contributed by atoms with Crippen molar-refractivity contribution in [2.45, 2.75) is 49.6 Å². The van der Waals surface area contributed by atoms with Gasteiger partial charge < -0.3 is 16.0 Å². The molecule has 3 heterocycles. The number of thioether (sulfide) groups is 1. The third-order valence-electron chi connectivity index (χ3n) is 5.22. The normalized spacial score (nSPS) is 23.1. The number of aromatic nitrogens is 2. The van der Waals surface area contributed by atoms with E-state index in [9.17, 15) is 9.59 Å². The molecule has 0 unspecified atom stereocenters. The number of rotatable bonds is 8. The molecule has 7 nitrogen and oxygen atoms in total. The van der Waals surface area contributed by atoms with E-state index in [4.69, 9.17) is 0 Å². The predicted molar refractivity (Wildman–Crippen MR) is 110 cm³/mol. The molecule has 0 spiro atoms. The van der Waals surface area contributed by atoms with Crippen LogP contribution in [0.1, 0.15) is 31.2 Å². The number of nitrogens with zero attached hydrogens (tertiary/aromatic N) is 2. The number of carbonyl (C=O) groups is 2. The lowest BCUT2D eigenvalue weighted by atomic mass is 10.0. The second-order valence-electron chi connectivity index (χ2n) is 7.32. The Bertz CT molecular complexity index is 809. The Hall–Kier alpha value is -2.48. The zero-order valence-corrected chi connectivity index (χ0v) is 16.5. The number of fused-ring (bicyclic) bond motifs is 1. The summed E-state index contributed by atoms with van der Waals surface area (Å²) in [6.07, 6.45) is 7.09. The topological polar surface area (TPSA) is 88.0 Å². The molecule has 28 heavy (non-hydrogen) atoms. The van der Waals surface area contributed by atoms with Crippen molar-refractivity contribution >= 4 is 29.4 Å². The molecular weight excluding hydrogens is 374 g/mol. The summed E-state index contributed by atoms with van der Waals surface area (Å²) in [6, 6.07) is 10.2. The van der Waals surface area contributed by atoms with Crippen LogP contribution in [-0.2, 0) is 11.3 Å². The van der Waals surface area contributed by atoms with Gasteiger partial charge in [-0.2, -0.15) is 16.9 Å². The Balaban J connectivity index is 1.15. The number of anilines is 1. The molecule has 4 rings (SSSR count). The zero-order valence-electron chi connectivity index (χ0n) is 15.6. The number of amides is 3. The fourth-order valence-electron chi connectivity index (χ4n) is 3.77. The third kappa shape index (κ3) is 4.67. The van der Waals surface area contributed by atoms with Gasteiger partial charge in [0.25, 0.3) is 0 Å². The minimum Gasteiger partial charge on any atom is -0.332 e. The quantitative estimate of drug-likeness (QED) is 0.470. The molecule has 2 aliphatic heterocycles. The summed E-state index contributed by atoms with van der Waals surface area (Å²) in [5.74, 6) is 1.03. The number of benzene rings is 1. The van der Waals surface area contributed by atoms with Crippen LogP contribution in [0.25, 0.3) is 0 Å². The van der Waals surface area contributed by atoms with Gasteiger partial charge in [-0.1, -0.05) is 18.6 Å². The molecule has 0 bridgehead atoms. The number of unbranched alkanes of at least 4 members (excludes halogenated alkanes) is 1. The van der Waals surface area contributed by atoms with Crippen molar-refractivity contribution in [1.29, 1.82) is 0 Å². The van der Waals surface area contributed by atoms with E-state index in [-0.39, 0.29) is 24.0 Å². The highest BCUT2D eigenvalue weighted by molar-refractivity contribution is 8.00. The van der Waals surface area contributed by atoms with E-state index in [0.29, 0.717) is 11.7 Å². The zero-order chi connectivity index (χ0) is 19.3. The van der Waals surface area contributed by atoms with Crippen LogP contribution in [0.3, 0.4) is 0 Å². The van der Waals surface area contributed by atoms with Crippen LogP contribution < -0.4 is 16.0 Å². The van der Waals surface area contributed by atoms with E-state index in [1.54, 1.807) is 6.20 Å². The first-order chi connectivity index (χ1) is 13.7. The van der Waals surface area contributed by atoms with E-state index in [1.165, 1.54) is 0 Å². The highest BCUT2D eigenvalue weighted by atomic mass is 32.2. The molecule has 2 saturated heterocycles. The Morgan fingerprint density at radius 2 is 2.11 bits per heavy atom. The number of nitrogens with one attached hydrogen (secondary N) is 3. The smallest absolute Gasteiger partial charge is 0.315 e. The second kappa shape index (κ2) is 8.68. The van der Waals surface area contributed by atoms with Gasteiger partial charge >= 0.3 is 6.03 Å². The molecule has 2 aliphatic rings. The van der Waals surface area contributed by atoms with Crippen LogP contribution in [0.4, 0.5) is 10.5 Å². The predicted octanol–water partition coefficient (Wildman–Crippen LogP) is 2.60. The molecule has 0 aliphatic carbocycles. The Morgan fingerprint density at radius 1 is 1.25 bits per heavy atom. The highest BCUT2D eigenvalue weighted by Gasteiger charge is 2.42. The number of carbonyl (C=O) groups excluding carboxylic acids is 2. The maximum Gasteiger partial charge on any atom is 0.315 e. The van der Waals surface area contributed by atoms with Crippen molar-refractivity contribution in [2.24, 2.45) is 0 Å². The first-order valence-electron chi connectivity index (χ1n) is 9.72. The molecule has 0 saturated carbocycles. The lowest BCUT2D eigenvalue weighted by Crippen LogP contribution is -2.36. The molecule has 1 aromatic heterocycles. The Morgan fingerprint density at radius 3 is 2.89 bits per heavy atom. The minimum absolute atomic E-state index is 0.0460. The van der Waals surface area contributed by atoms with E-state index >= 15 is 0 Å². The molecule has 8 heteroatoms.